The fraction of sp³-hybridized carbons (Fsp3) is 0.389. The molecule has 1 aromatic carbocycles. The zero-order chi connectivity index (χ0) is 19.1. The van der Waals surface area contributed by atoms with Crippen molar-refractivity contribution in [3.63, 3.8) is 0 Å². The average Bonchev–Trinajstić information content (AvgIpc) is 3.13. The van der Waals surface area contributed by atoms with Gasteiger partial charge in [-0.05, 0) is 6.07 Å². The van der Waals surface area contributed by atoms with Gasteiger partial charge in [0.1, 0.15) is 12.3 Å². The monoisotopic (exact) mass is 373 g/mol. The van der Waals surface area contributed by atoms with Crippen LogP contribution in [-0.4, -0.2) is 60.0 Å². The lowest BCUT2D eigenvalue weighted by Crippen LogP contribution is -2.42. The minimum absolute atomic E-state index is 0.0198. The fourth-order valence-corrected chi connectivity index (χ4v) is 2.77. The molecule has 0 saturated carbocycles. The summed E-state index contributed by atoms with van der Waals surface area (Å²) >= 11 is 0. The van der Waals surface area contributed by atoms with Gasteiger partial charge in [0, 0.05) is 31.4 Å². The van der Waals surface area contributed by atoms with Crippen LogP contribution in [0.5, 0.6) is 5.75 Å². The number of hydrogen-bond acceptors (Lipinski definition) is 5. The third kappa shape index (κ3) is 5.20. The van der Waals surface area contributed by atoms with E-state index in [-0.39, 0.29) is 18.5 Å². The van der Waals surface area contributed by atoms with E-state index in [9.17, 15) is 9.59 Å². The summed E-state index contributed by atoms with van der Waals surface area (Å²) in [5.41, 5.74) is 1.39. The Bertz CT molecular complexity index is 786. The van der Waals surface area contributed by atoms with Gasteiger partial charge in [-0.15, -0.1) is 0 Å². The number of hydrogen-bond donors (Lipinski definition) is 2. The van der Waals surface area contributed by atoms with Crippen LogP contribution in [-0.2, 0) is 22.6 Å². The molecule has 3 amide bonds. The van der Waals surface area contributed by atoms with Gasteiger partial charge in [-0.1, -0.05) is 18.2 Å². The summed E-state index contributed by atoms with van der Waals surface area (Å²) in [5.74, 6) is 0.695. The first-order chi connectivity index (χ1) is 13.2. The molecule has 0 aliphatic carbocycles. The van der Waals surface area contributed by atoms with E-state index in [4.69, 9.17) is 9.47 Å². The normalized spacial score (nSPS) is 13.9. The van der Waals surface area contributed by atoms with Crippen LogP contribution in [0.2, 0.25) is 0 Å². The zero-order valence-corrected chi connectivity index (χ0v) is 15.2. The molecule has 2 N–H and O–H groups in total. The van der Waals surface area contributed by atoms with Gasteiger partial charge in [-0.2, -0.15) is 5.10 Å². The van der Waals surface area contributed by atoms with Crippen LogP contribution < -0.4 is 15.4 Å². The summed E-state index contributed by atoms with van der Waals surface area (Å²) in [4.78, 5) is 26.0. The summed E-state index contributed by atoms with van der Waals surface area (Å²) < 4.78 is 12.0. The van der Waals surface area contributed by atoms with Crippen molar-refractivity contribution in [1.29, 1.82) is 0 Å². The van der Waals surface area contributed by atoms with E-state index >= 15 is 0 Å². The first-order valence-electron chi connectivity index (χ1n) is 8.70. The number of amides is 3. The average molecular weight is 373 g/mol. The number of rotatable bonds is 6. The molecule has 1 aliphatic heterocycles. The van der Waals surface area contributed by atoms with Crippen LogP contribution in [0.1, 0.15) is 5.56 Å². The number of para-hydroxylation sites is 1. The number of ether oxygens (including phenoxy) is 2. The maximum Gasteiger partial charge on any atom is 0.319 e. The number of carbonyl (C=O) groups is 2. The third-order valence-corrected chi connectivity index (χ3v) is 4.18. The second-order valence-corrected chi connectivity index (χ2v) is 6.04. The van der Waals surface area contributed by atoms with Gasteiger partial charge in [0.25, 0.3) is 0 Å². The molecule has 1 saturated heterocycles. The van der Waals surface area contributed by atoms with Crippen molar-refractivity contribution in [3.05, 3.63) is 42.2 Å². The van der Waals surface area contributed by atoms with Crippen LogP contribution in [0, 0.1) is 0 Å². The van der Waals surface area contributed by atoms with E-state index in [2.05, 4.69) is 15.7 Å². The van der Waals surface area contributed by atoms with Crippen molar-refractivity contribution in [2.24, 2.45) is 0 Å². The Hall–Kier alpha value is -3.07. The Balaban J connectivity index is 1.48. The molecular weight excluding hydrogens is 350 g/mol. The maximum atomic E-state index is 12.2. The van der Waals surface area contributed by atoms with Crippen molar-refractivity contribution < 1.29 is 19.1 Å². The van der Waals surface area contributed by atoms with Crippen molar-refractivity contribution >= 4 is 17.6 Å². The molecule has 27 heavy (non-hydrogen) atoms. The highest BCUT2D eigenvalue weighted by atomic mass is 16.5. The summed E-state index contributed by atoms with van der Waals surface area (Å²) in [7, 11) is 1.59. The van der Waals surface area contributed by atoms with E-state index in [1.165, 1.54) is 10.9 Å². The molecule has 1 fully saturated rings. The first-order valence-corrected chi connectivity index (χ1v) is 8.70. The van der Waals surface area contributed by atoms with Crippen LogP contribution in [0.4, 0.5) is 10.5 Å². The van der Waals surface area contributed by atoms with Gasteiger partial charge in [0.05, 0.1) is 32.2 Å². The van der Waals surface area contributed by atoms with Crippen LogP contribution >= 0.6 is 0 Å². The van der Waals surface area contributed by atoms with E-state index in [1.54, 1.807) is 18.2 Å². The third-order valence-electron chi connectivity index (χ3n) is 4.18. The summed E-state index contributed by atoms with van der Waals surface area (Å²) in [6.07, 6.45) is 3.14. The highest BCUT2D eigenvalue weighted by molar-refractivity contribution is 5.89. The minimum Gasteiger partial charge on any atom is -0.496 e. The molecule has 2 heterocycles. The van der Waals surface area contributed by atoms with Crippen molar-refractivity contribution in [2.75, 3.05) is 38.7 Å². The maximum absolute atomic E-state index is 12.2. The number of urea groups is 1. The van der Waals surface area contributed by atoms with Crippen LogP contribution in [0.3, 0.4) is 0 Å². The standard InChI is InChI=1S/C18H23N5O4/c1-26-16-5-3-2-4-14(16)10-19-18(25)21-15-11-20-23(12-15)13-17(24)22-6-8-27-9-7-22/h2-5,11-12H,6-10,13H2,1H3,(H2,19,21,25). The van der Waals surface area contributed by atoms with Gasteiger partial charge < -0.3 is 25.0 Å². The number of nitrogens with zero attached hydrogens (tertiary/aromatic N) is 3. The van der Waals surface area contributed by atoms with Crippen LogP contribution in [0.25, 0.3) is 0 Å². The molecule has 0 radical (unpaired) electrons. The number of carbonyl (C=O) groups excluding carboxylic acids is 2. The Morgan fingerprint density at radius 1 is 1.26 bits per heavy atom. The van der Waals surface area contributed by atoms with E-state index in [1.807, 2.05) is 24.3 Å². The lowest BCUT2D eigenvalue weighted by Gasteiger charge is -2.26. The lowest BCUT2D eigenvalue weighted by molar-refractivity contribution is -0.136. The van der Waals surface area contributed by atoms with E-state index < -0.39 is 0 Å². The molecular formula is C18H23N5O4. The molecule has 1 aliphatic rings. The largest absolute Gasteiger partial charge is 0.496 e. The van der Waals surface area contributed by atoms with Gasteiger partial charge in [-0.3, -0.25) is 9.48 Å². The molecule has 1 aromatic heterocycles. The topological polar surface area (TPSA) is 97.7 Å². The smallest absolute Gasteiger partial charge is 0.319 e. The number of morpholine rings is 1. The molecule has 0 unspecified atom stereocenters. The number of anilines is 1. The van der Waals surface area contributed by atoms with Gasteiger partial charge in [-0.25, -0.2) is 4.79 Å². The Morgan fingerprint density at radius 2 is 2.04 bits per heavy atom. The van der Waals surface area contributed by atoms with Crippen molar-refractivity contribution in [2.45, 2.75) is 13.1 Å². The van der Waals surface area contributed by atoms with Gasteiger partial charge in [0.15, 0.2) is 0 Å². The van der Waals surface area contributed by atoms with E-state index in [0.29, 0.717) is 44.3 Å². The Labute approximate surface area is 157 Å². The summed E-state index contributed by atoms with van der Waals surface area (Å²) in [6.45, 7) is 2.77. The Kier molecular flexibility index (Phi) is 6.26. The summed E-state index contributed by atoms with van der Waals surface area (Å²) in [5, 5.41) is 9.60. The molecule has 0 spiro atoms. The van der Waals surface area contributed by atoms with Crippen molar-refractivity contribution in [1.82, 2.24) is 20.0 Å². The minimum atomic E-state index is -0.361. The van der Waals surface area contributed by atoms with E-state index in [0.717, 1.165) is 5.56 Å². The number of benzene rings is 1. The molecule has 2 aromatic rings. The van der Waals surface area contributed by atoms with Crippen LogP contribution in [0.15, 0.2) is 36.7 Å². The molecule has 3 rings (SSSR count). The summed E-state index contributed by atoms with van der Waals surface area (Å²) in [6, 6.07) is 7.11. The molecule has 144 valence electrons. The van der Waals surface area contributed by atoms with Crippen molar-refractivity contribution in [3.8, 4) is 5.75 Å². The number of methoxy groups -OCH3 is 1. The predicted molar refractivity (Wildman–Crippen MR) is 98.5 cm³/mol. The molecule has 0 atom stereocenters. The second kappa shape index (κ2) is 9.04. The predicted octanol–water partition coefficient (Wildman–Crippen LogP) is 1.07. The highest BCUT2D eigenvalue weighted by Crippen LogP contribution is 2.16. The van der Waals surface area contributed by atoms with Gasteiger partial charge in [0.2, 0.25) is 5.91 Å². The molecule has 0 bridgehead atoms. The first kappa shape index (κ1) is 18.7. The fourth-order valence-electron chi connectivity index (χ4n) is 2.77. The highest BCUT2D eigenvalue weighted by Gasteiger charge is 2.17. The lowest BCUT2D eigenvalue weighted by atomic mass is 10.2. The molecule has 9 nitrogen and oxygen atoms in total. The second-order valence-electron chi connectivity index (χ2n) is 6.04. The zero-order valence-electron chi connectivity index (χ0n) is 15.2. The quantitative estimate of drug-likeness (QED) is 0.789. The SMILES string of the molecule is COc1ccccc1CNC(=O)Nc1cnn(CC(=O)N2CCOCC2)c1. The van der Waals surface area contributed by atoms with Gasteiger partial charge >= 0.3 is 6.03 Å². The molecule has 9 heteroatoms. The number of aromatic nitrogens is 2. The number of nitrogens with one attached hydrogen (secondary N) is 2. The Morgan fingerprint density at radius 3 is 2.81 bits per heavy atom.